The summed E-state index contributed by atoms with van der Waals surface area (Å²) < 4.78 is 23.4. The predicted molar refractivity (Wildman–Crippen MR) is 270 cm³/mol. The minimum absolute atomic E-state index is 0.0146. The summed E-state index contributed by atoms with van der Waals surface area (Å²) >= 11 is 0. The van der Waals surface area contributed by atoms with E-state index in [4.69, 9.17) is 9.05 Å². The molecule has 3 unspecified atom stereocenters. The third kappa shape index (κ3) is 49.0. The third-order valence-corrected chi connectivity index (χ3v) is 13.7. The number of amides is 1. The van der Waals surface area contributed by atoms with Gasteiger partial charge in [-0.2, -0.15) is 0 Å². The highest BCUT2D eigenvalue weighted by molar-refractivity contribution is 7.45. The number of nitrogens with one attached hydrogen (secondary N) is 1. The number of likely N-dealkylation sites (N-methyl/N-ethyl adjacent to an activating group) is 1. The Morgan fingerprint density at radius 1 is 0.540 bits per heavy atom. The van der Waals surface area contributed by atoms with Gasteiger partial charge >= 0.3 is 0 Å². The van der Waals surface area contributed by atoms with Crippen LogP contribution in [0.5, 0.6) is 0 Å². The van der Waals surface area contributed by atoms with E-state index >= 15 is 0 Å². The second-order valence-corrected chi connectivity index (χ2v) is 21.7. The van der Waals surface area contributed by atoms with E-state index in [1.54, 1.807) is 0 Å². The Hall–Kier alpha value is -0.760. The lowest BCUT2D eigenvalue weighted by Crippen LogP contribution is -2.46. The summed E-state index contributed by atoms with van der Waals surface area (Å²) in [5.74, 6) is -0.161. The molecule has 63 heavy (non-hydrogen) atoms. The number of rotatable bonds is 51. The molecule has 3 atom stereocenters. The standard InChI is InChI=1S/C54H109N2O6P/c1-6-8-10-12-14-16-18-20-22-24-26-27-28-29-30-32-34-36-38-40-42-44-46-48-54(58)55-52(51-62-63(59,60)61-50-49-56(3,4)5)53(57)47-45-43-41-39-37-35-33-31-25-23-21-19-17-15-13-11-9-7-2/h24,26,52-53,57H,6-23,25,27-51H2,1-5H3,(H-,55,58,59,60)/b26-24-. The smallest absolute Gasteiger partial charge is 0.268 e. The number of allylic oxidation sites excluding steroid dienone is 2. The zero-order valence-corrected chi connectivity index (χ0v) is 43.7. The first-order valence-electron chi connectivity index (χ1n) is 27.5. The van der Waals surface area contributed by atoms with Crippen molar-refractivity contribution in [2.24, 2.45) is 0 Å². The fraction of sp³-hybridized carbons (Fsp3) is 0.944. The van der Waals surface area contributed by atoms with Crippen LogP contribution in [0.25, 0.3) is 0 Å². The number of quaternary nitrogens is 1. The number of nitrogens with zero attached hydrogens (tertiary/aromatic N) is 1. The molecule has 8 nitrogen and oxygen atoms in total. The molecule has 0 fully saturated rings. The molecule has 9 heteroatoms. The van der Waals surface area contributed by atoms with Gasteiger partial charge in [-0.05, 0) is 38.5 Å². The maximum atomic E-state index is 13.0. The molecule has 0 rings (SSSR count). The summed E-state index contributed by atoms with van der Waals surface area (Å²) in [5.41, 5.74) is 0. The average molecular weight is 913 g/mol. The van der Waals surface area contributed by atoms with Crippen LogP contribution in [0.4, 0.5) is 0 Å². The normalized spacial score (nSPS) is 14.1. The van der Waals surface area contributed by atoms with E-state index in [0.29, 0.717) is 23.9 Å². The van der Waals surface area contributed by atoms with Crippen LogP contribution >= 0.6 is 7.82 Å². The maximum Gasteiger partial charge on any atom is 0.268 e. The van der Waals surface area contributed by atoms with E-state index in [-0.39, 0.29) is 19.1 Å². The number of aliphatic hydroxyl groups is 1. The number of hydrogen-bond acceptors (Lipinski definition) is 6. The molecule has 0 aliphatic heterocycles. The van der Waals surface area contributed by atoms with Crippen molar-refractivity contribution in [1.82, 2.24) is 5.32 Å². The number of carbonyl (C=O) groups is 1. The molecule has 0 radical (unpaired) electrons. The van der Waals surface area contributed by atoms with E-state index < -0.39 is 20.0 Å². The average Bonchev–Trinajstić information content (AvgIpc) is 3.24. The molecule has 1 amide bonds. The van der Waals surface area contributed by atoms with Gasteiger partial charge in [0.2, 0.25) is 5.91 Å². The van der Waals surface area contributed by atoms with Gasteiger partial charge in [0.25, 0.3) is 7.82 Å². The Labute approximate surface area is 392 Å². The van der Waals surface area contributed by atoms with Gasteiger partial charge in [0, 0.05) is 6.42 Å². The Balaban J connectivity index is 4.18. The number of unbranched alkanes of at least 4 members (excludes halogenated alkanes) is 36. The van der Waals surface area contributed by atoms with Crippen molar-refractivity contribution in [3.05, 3.63) is 12.2 Å². The number of phosphoric ester groups is 1. The summed E-state index contributed by atoms with van der Waals surface area (Å²) in [6, 6.07) is -0.798. The van der Waals surface area contributed by atoms with Crippen LogP contribution < -0.4 is 10.2 Å². The molecule has 0 saturated heterocycles. The molecule has 0 heterocycles. The van der Waals surface area contributed by atoms with Crippen LogP contribution in [0, 0.1) is 0 Å². The van der Waals surface area contributed by atoms with Crippen LogP contribution in [-0.4, -0.2) is 68.5 Å². The van der Waals surface area contributed by atoms with Gasteiger partial charge in [0.15, 0.2) is 0 Å². The zero-order chi connectivity index (χ0) is 46.4. The molecule has 376 valence electrons. The SMILES string of the molecule is CCCCCCCCCC/C=C\CCCCCCCCCCCCCC(=O)NC(COP(=O)([O-])OCC[N+](C)(C)C)C(O)CCCCCCCCCCCCCCCCCCCC. The molecule has 0 bridgehead atoms. The molecule has 0 aromatic rings. The van der Waals surface area contributed by atoms with Gasteiger partial charge < -0.3 is 28.8 Å². The number of carbonyl (C=O) groups excluding carboxylic acids is 1. The first-order valence-corrected chi connectivity index (χ1v) is 29.0. The van der Waals surface area contributed by atoms with Crippen LogP contribution in [0.2, 0.25) is 0 Å². The molecule has 0 aliphatic rings. The predicted octanol–water partition coefficient (Wildman–Crippen LogP) is 15.6. The van der Waals surface area contributed by atoms with Gasteiger partial charge in [0.05, 0.1) is 39.9 Å². The van der Waals surface area contributed by atoms with Gasteiger partial charge in [-0.25, -0.2) is 0 Å². The number of phosphoric acid groups is 1. The Morgan fingerprint density at radius 2 is 0.873 bits per heavy atom. The quantitative estimate of drug-likeness (QED) is 0.0272. The molecule has 0 aliphatic carbocycles. The lowest BCUT2D eigenvalue weighted by Gasteiger charge is -2.30. The van der Waals surface area contributed by atoms with Crippen molar-refractivity contribution in [3.63, 3.8) is 0 Å². The van der Waals surface area contributed by atoms with Crippen molar-refractivity contribution in [2.45, 2.75) is 289 Å². The van der Waals surface area contributed by atoms with E-state index in [2.05, 4.69) is 31.3 Å². The largest absolute Gasteiger partial charge is 0.756 e. The molecule has 0 spiro atoms. The molecular weight excluding hydrogens is 804 g/mol. The lowest BCUT2D eigenvalue weighted by atomic mass is 10.0. The van der Waals surface area contributed by atoms with E-state index in [1.807, 2.05) is 21.1 Å². The van der Waals surface area contributed by atoms with Crippen molar-refractivity contribution < 1.29 is 32.9 Å². The topological polar surface area (TPSA) is 108 Å². The maximum absolute atomic E-state index is 13.0. The monoisotopic (exact) mass is 913 g/mol. The minimum Gasteiger partial charge on any atom is -0.756 e. The number of aliphatic hydroxyl groups excluding tert-OH is 1. The second-order valence-electron chi connectivity index (χ2n) is 20.3. The van der Waals surface area contributed by atoms with Gasteiger partial charge in [0.1, 0.15) is 13.2 Å². The first-order chi connectivity index (χ1) is 30.5. The van der Waals surface area contributed by atoms with Crippen LogP contribution in [-0.2, 0) is 18.4 Å². The van der Waals surface area contributed by atoms with E-state index in [0.717, 1.165) is 38.5 Å². The van der Waals surface area contributed by atoms with Gasteiger partial charge in [-0.15, -0.1) is 0 Å². The minimum atomic E-state index is -4.57. The highest BCUT2D eigenvalue weighted by Gasteiger charge is 2.24. The van der Waals surface area contributed by atoms with Crippen LogP contribution in [0.3, 0.4) is 0 Å². The summed E-state index contributed by atoms with van der Waals surface area (Å²) in [7, 11) is 1.32. The summed E-state index contributed by atoms with van der Waals surface area (Å²) in [6.07, 6.45) is 55.1. The van der Waals surface area contributed by atoms with Gasteiger partial charge in [-0.3, -0.25) is 9.36 Å². The van der Waals surface area contributed by atoms with Crippen molar-refractivity contribution in [3.8, 4) is 0 Å². The third-order valence-electron chi connectivity index (χ3n) is 12.8. The zero-order valence-electron chi connectivity index (χ0n) is 42.8. The highest BCUT2D eigenvalue weighted by atomic mass is 31.2. The summed E-state index contributed by atoms with van der Waals surface area (Å²) in [6.45, 7) is 4.76. The van der Waals surface area contributed by atoms with Crippen molar-refractivity contribution in [2.75, 3.05) is 40.9 Å². The highest BCUT2D eigenvalue weighted by Crippen LogP contribution is 2.38. The van der Waals surface area contributed by atoms with E-state index in [9.17, 15) is 19.4 Å². The number of hydrogen-bond donors (Lipinski definition) is 2. The van der Waals surface area contributed by atoms with Crippen LogP contribution in [0.1, 0.15) is 277 Å². The molecule has 0 saturated carbocycles. The molecule has 0 aromatic carbocycles. The lowest BCUT2D eigenvalue weighted by molar-refractivity contribution is -0.870. The summed E-state index contributed by atoms with van der Waals surface area (Å²) in [5, 5.41) is 14.0. The van der Waals surface area contributed by atoms with Crippen molar-refractivity contribution >= 4 is 13.7 Å². The van der Waals surface area contributed by atoms with Crippen molar-refractivity contribution in [1.29, 1.82) is 0 Å². The fourth-order valence-corrected chi connectivity index (χ4v) is 9.11. The van der Waals surface area contributed by atoms with Crippen LogP contribution in [0.15, 0.2) is 12.2 Å². The second kappa shape index (κ2) is 46.4. The summed E-state index contributed by atoms with van der Waals surface area (Å²) in [4.78, 5) is 25.5. The van der Waals surface area contributed by atoms with Gasteiger partial charge in [-0.1, -0.05) is 244 Å². The Bertz CT molecular complexity index is 1040. The Morgan fingerprint density at radius 3 is 1.24 bits per heavy atom. The Kier molecular flexibility index (Phi) is 45.8. The first kappa shape index (κ1) is 62.2. The molecule has 2 N–H and O–H groups in total. The fourth-order valence-electron chi connectivity index (χ4n) is 8.39. The molecule has 0 aromatic heterocycles. The van der Waals surface area contributed by atoms with E-state index in [1.165, 1.54) is 212 Å². The molecular formula is C54H109N2O6P.